The maximum Gasteiger partial charge on any atom is 0.416 e. The summed E-state index contributed by atoms with van der Waals surface area (Å²) in [4.78, 5) is 0. The summed E-state index contributed by atoms with van der Waals surface area (Å²) in [5.41, 5.74) is 5.03. The predicted octanol–water partition coefficient (Wildman–Crippen LogP) is 7.99. The number of alkyl halides is 3. The summed E-state index contributed by atoms with van der Waals surface area (Å²) in [6.07, 6.45) is -4.45. The number of pyridine rings is 1. The van der Waals surface area contributed by atoms with Crippen LogP contribution in [0.4, 0.5) is 13.2 Å². The molecule has 5 heteroatoms. The smallest absolute Gasteiger partial charge is 0.231 e. The minimum Gasteiger partial charge on any atom is -0.231 e. The summed E-state index contributed by atoms with van der Waals surface area (Å²) in [5.74, 6) is 0. The summed E-state index contributed by atoms with van der Waals surface area (Å²) >= 11 is 0. The molecule has 0 amide bonds. The van der Waals surface area contributed by atoms with Gasteiger partial charge in [0.1, 0.15) is 0 Å². The van der Waals surface area contributed by atoms with E-state index in [4.69, 9.17) is 5.10 Å². The first-order valence-corrected chi connectivity index (χ1v) is 10.6. The quantitative estimate of drug-likeness (QED) is 0.268. The van der Waals surface area contributed by atoms with Gasteiger partial charge in [0.25, 0.3) is 0 Å². The Labute approximate surface area is 187 Å². The van der Waals surface area contributed by atoms with Crippen LogP contribution in [-0.2, 0) is 6.18 Å². The first-order chi connectivity index (χ1) is 16.0. The number of nitrogens with zero attached hydrogens (tertiary/aromatic N) is 2. The molecular weight excluding hydrogens is 421 g/mol. The number of hydrogen-bond acceptors (Lipinski definition) is 1. The van der Waals surface area contributed by atoms with E-state index >= 15 is 0 Å². The van der Waals surface area contributed by atoms with Crippen molar-refractivity contribution in [3.8, 4) is 22.3 Å². The van der Waals surface area contributed by atoms with Gasteiger partial charge >= 0.3 is 6.18 Å². The lowest BCUT2D eigenvalue weighted by molar-refractivity contribution is -0.137. The Hall–Kier alpha value is -4.12. The second-order valence-corrected chi connectivity index (χ2v) is 7.99. The van der Waals surface area contributed by atoms with Gasteiger partial charge in [0.05, 0.1) is 22.1 Å². The second-order valence-electron chi connectivity index (χ2n) is 7.99. The SMILES string of the molecule is FC(F)(F)c1ccc2c(c1)c(-c1ccccc1)c(-c1ccccc1)c1c3ccccc3nn21. The summed E-state index contributed by atoms with van der Waals surface area (Å²) in [6, 6.07) is 31.1. The van der Waals surface area contributed by atoms with E-state index < -0.39 is 11.7 Å². The molecule has 4 aromatic carbocycles. The molecule has 0 aliphatic rings. The molecule has 160 valence electrons. The minimum absolute atomic E-state index is 0.509. The molecule has 6 rings (SSSR count). The van der Waals surface area contributed by atoms with Crippen LogP contribution in [0.5, 0.6) is 0 Å². The molecule has 0 N–H and O–H groups in total. The highest BCUT2D eigenvalue weighted by atomic mass is 19.4. The molecule has 0 fully saturated rings. The van der Waals surface area contributed by atoms with Gasteiger partial charge in [-0.05, 0) is 35.4 Å². The molecule has 0 aliphatic heterocycles. The van der Waals surface area contributed by atoms with Crippen molar-refractivity contribution in [2.75, 3.05) is 0 Å². The van der Waals surface area contributed by atoms with Gasteiger partial charge in [0, 0.05) is 21.9 Å². The molecule has 2 nitrogen and oxygen atoms in total. The van der Waals surface area contributed by atoms with Gasteiger partial charge in [-0.3, -0.25) is 0 Å². The van der Waals surface area contributed by atoms with E-state index in [1.165, 1.54) is 12.1 Å². The third-order valence-corrected chi connectivity index (χ3v) is 6.01. The molecule has 0 unspecified atom stereocenters. The first kappa shape index (κ1) is 19.6. The number of halogens is 3. The van der Waals surface area contributed by atoms with Gasteiger partial charge < -0.3 is 0 Å². The lowest BCUT2D eigenvalue weighted by atomic mass is 9.89. The van der Waals surface area contributed by atoms with Crippen molar-refractivity contribution in [1.82, 2.24) is 9.61 Å². The van der Waals surface area contributed by atoms with Crippen molar-refractivity contribution >= 4 is 27.3 Å². The highest BCUT2D eigenvalue weighted by Crippen LogP contribution is 2.44. The van der Waals surface area contributed by atoms with Crippen molar-refractivity contribution in [2.24, 2.45) is 0 Å². The van der Waals surface area contributed by atoms with Crippen LogP contribution in [0.15, 0.2) is 103 Å². The van der Waals surface area contributed by atoms with Crippen molar-refractivity contribution in [3.63, 3.8) is 0 Å². The Bertz CT molecular complexity index is 1630. The zero-order chi connectivity index (χ0) is 22.6. The Morgan fingerprint density at radius 2 is 1.21 bits per heavy atom. The second kappa shape index (κ2) is 7.20. The standard InChI is InChI=1S/C28H17F3N2/c29-28(30,31)20-15-16-24-22(17-20)25(18-9-3-1-4-10-18)26(19-11-5-2-6-12-19)27-21-13-7-8-14-23(21)32-33(24)27/h1-17H. The molecule has 2 aromatic heterocycles. The Morgan fingerprint density at radius 3 is 1.88 bits per heavy atom. The van der Waals surface area contributed by atoms with E-state index in [1.54, 1.807) is 4.52 Å². The molecule has 0 radical (unpaired) electrons. The van der Waals surface area contributed by atoms with Crippen LogP contribution in [0.1, 0.15) is 5.56 Å². The van der Waals surface area contributed by atoms with E-state index in [1.807, 2.05) is 84.9 Å². The third-order valence-electron chi connectivity index (χ3n) is 6.01. The van der Waals surface area contributed by atoms with Gasteiger partial charge in [-0.15, -0.1) is 0 Å². The highest BCUT2D eigenvalue weighted by Gasteiger charge is 2.31. The van der Waals surface area contributed by atoms with Gasteiger partial charge in [0.2, 0.25) is 0 Å². The fourth-order valence-corrected chi connectivity index (χ4v) is 4.59. The number of benzene rings is 4. The predicted molar refractivity (Wildman–Crippen MR) is 126 cm³/mol. The van der Waals surface area contributed by atoms with Crippen LogP contribution in [0.2, 0.25) is 0 Å². The molecule has 0 saturated heterocycles. The van der Waals surface area contributed by atoms with Crippen LogP contribution >= 0.6 is 0 Å². The van der Waals surface area contributed by atoms with E-state index in [0.29, 0.717) is 10.9 Å². The molecule has 33 heavy (non-hydrogen) atoms. The zero-order valence-corrected chi connectivity index (χ0v) is 17.3. The molecule has 6 aromatic rings. The van der Waals surface area contributed by atoms with Gasteiger partial charge in [-0.2, -0.15) is 18.3 Å². The average molecular weight is 438 g/mol. The van der Waals surface area contributed by atoms with E-state index in [9.17, 15) is 13.2 Å². The Morgan fingerprint density at radius 1 is 0.606 bits per heavy atom. The summed E-state index contributed by atoms with van der Waals surface area (Å²) in [7, 11) is 0. The Kier molecular flexibility index (Phi) is 4.27. The fourth-order valence-electron chi connectivity index (χ4n) is 4.59. The molecule has 0 atom stereocenters. The number of rotatable bonds is 2. The fraction of sp³-hybridized carbons (Fsp3) is 0.0357. The van der Waals surface area contributed by atoms with Crippen molar-refractivity contribution in [1.29, 1.82) is 0 Å². The molecule has 0 spiro atoms. The van der Waals surface area contributed by atoms with Crippen LogP contribution in [0.3, 0.4) is 0 Å². The Balaban J connectivity index is 1.92. The summed E-state index contributed by atoms with van der Waals surface area (Å²) in [5, 5.41) is 6.25. The van der Waals surface area contributed by atoms with E-state index in [0.717, 1.165) is 44.7 Å². The van der Waals surface area contributed by atoms with E-state index in [2.05, 4.69) is 0 Å². The zero-order valence-electron chi connectivity index (χ0n) is 17.3. The van der Waals surface area contributed by atoms with Gasteiger partial charge in [-0.25, -0.2) is 4.52 Å². The first-order valence-electron chi connectivity index (χ1n) is 10.6. The molecule has 0 bridgehead atoms. The molecule has 2 heterocycles. The molecular formula is C28H17F3N2. The maximum absolute atomic E-state index is 13.7. The lowest BCUT2D eigenvalue weighted by Gasteiger charge is -2.18. The van der Waals surface area contributed by atoms with Crippen LogP contribution in [0.25, 0.3) is 49.6 Å². The summed E-state index contributed by atoms with van der Waals surface area (Å²) < 4.78 is 43.0. The normalized spacial score (nSPS) is 12.1. The minimum atomic E-state index is -4.45. The van der Waals surface area contributed by atoms with Gasteiger partial charge in [0.15, 0.2) is 0 Å². The lowest BCUT2D eigenvalue weighted by Crippen LogP contribution is -2.06. The van der Waals surface area contributed by atoms with Crippen molar-refractivity contribution in [2.45, 2.75) is 6.18 Å². The van der Waals surface area contributed by atoms with Crippen LogP contribution in [0, 0.1) is 0 Å². The number of aromatic nitrogens is 2. The van der Waals surface area contributed by atoms with E-state index in [-0.39, 0.29) is 0 Å². The molecule has 0 aliphatic carbocycles. The summed E-state index contributed by atoms with van der Waals surface area (Å²) in [6.45, 7) is 0. The van der Waals surface area contributed by atoms with Crippen molar-refractivity contribution < 1.29 is 13.2 Å². The van der Waals surface area contributed by atoms with Crippen molar-refractivity contribution in [3.05, 3.63) is 109 Å². The van der Waals surface area contributed by atoms with Crippen LogP contribution < -0.4 is 0 Å². The van der Waals surface area contributed by atoms with Crippen LogP contribution in [-0.4, -0.2) is 9.61 Å². The largest absolute Gasteiger partial charge is 0.416 e. The van der Waals surface area contributed by atoms with Gasteiger partial charge in [-0.1, -0.05) is 78.9 Å². The topological polar surface area (TPSA) is 17.3 Å². The number of hydrogen-bond donors (Lipinski definition) is 0. The molecule has 0 saturated carbocycles. The maximum atomic E-state index is 13.7. The highest BCUT2D eigenvalue weighted by molar-refractivity contribution is 6.14. The monoisotopic (exact) mass is 438 g/mol. The third kappa shape index (κ3) is 3.08. The average Bonchev–Trinajstić information content (AvgIpc) is 3.23. The number of fused-ring (bicyclic) bond motifs is 5.